The first-order chi connectivity index (χ1) is 6.18. The molecule has 66 valence electrons. The lowest BCUT2D eigenvalue weighted by Gasteiger charge is -2.02. The molecule has 0 radical (unpaired) electrons. The zero-order chi connectivity index (χ0) is 9.42. The number of pyridine rings is 1. The second kappa shape index (κ2) is 3.17. The summed E-state index contributed by atoms with van der Waals surface area (Å²) < 4.78 is 0. The maximum Gasteiger partial charge on any atom is 0.0782 e. The highest BCUT2D eigenvalue weighted by atomic mass is 35.5. The van der Waals surface area contributed by atoms with E-state index in [4.69, 9.17) is 23.2 Å². The Morgan fingerprint density at radius 2 is 2.00 bits per heavy atom. The zero-order valence-electron chi connectivity index (χ0n) is 7.01. The van der Waals surface area contributed by atoms with Crippen molar-refractivity contribution in [2.45, 2.75) is 6.92 Å². The molecule has 0 bridgehead atoms. The molecule has 0 atom stereocenters. The maximum absolute atomic E-state index is 6.03. The Morgan fingerprint density at radius 3 is 2.77 bits per heavy atom. The Hall–Kier alpha value is -0.790. The first-order valence-electron chi connectivity index (χ1n) is 3.89. The Balaban J connectivity index is 2.89. The van der Waals surface area contributed by atoms with Gasteiger partial charge in [-0.25, -0.2) is 0 Å². The quantitative estimate of drug-likeness (QED) is 0.646. The summed E-state index contributed by atoms with van der Waals surface area (Å²) in [6.07, 6.45) is 1.57. The van der Waals surface area contributed by atoms with Crippen molar-refractivity contribution in [2.75, 3.05) is 0 Å². The number of rotatable bonds is 0. The van der Waals surface area contributed by atoms with Crippen LogP contribution in [-0.2, 0) is 0 Å². The molecular formula is C10H7Cl2N. The highest BCUT2D eigenvalue weighted by Gasteiger charge is 2.04. The predicted molar refractivity (Wildman–Crippen MR) is 56.5 cm³/mol. The first-order valence-corrected chi connectivity index (χ1v) is 4.64. The van der Waals surface area contributed by atoms with Crippen LogP contribution in [0.3, 0.4) is 0 Å². The van der Waals surface area contributed by atoms with Gasteiger partial charge in [0.2, 0.25) is 0 Å². The molecule has 1 heterocycles. The van der Waals surface area contributed by atoms with Gasteiger partial charge in [-0.05, 0) is 19.1 Å². The van der Waals surface area contributed by atoms with Crippen molar-refractivity contribution in [1.29, 1.82) is 0 Å². The Morgan fingerprint density at radius 1 is 1.23 bits per heavy atom. The van der Waals surface area contributed by atoms with Crippen LogP contribution in [0.5, 0.6) is 0 Å². The standard InChI is InChI=1S/C10H7Cl2N/c1-6-2-3-9-7(4-6)10(12)8(11)5-13-9/h2-5H,1H3. The summed E-state index contributed by atoms with van der Waals surface area (Å²) in [5.41, 5.74) is 2.03. The largest absolute Gasteiger partial charge is 0.255 e. The molecule has 2 aromatic rings. The van der Waals surface area contributed by atoms with Gasteiger partial charge in [0.1, 0.15) is 0 Å². The van der Waals surface area contributed by atoms with Crippen molar-refractivity contribution < 1.29 is 0 Å². The Labute approximate surface area is 86.3 Å². The molecule has 0 N–H and O–H groups in total. The van der Waals surface area contributed by atoms with E-state index in [1.54, 1.807) is 6.20 Å². The second-order valence-electron chi connectivity index (χ2n) is 2.94. The molecule has 13 heavy (non-hydrogen) atoms. The van der Waals surface area contributed by atoms with Crippen LogP contribution < -0.4 is 0 Å². The van der Waals surface area contributed by atoms with E-state index in [2.05, 4.69) is 4.98 Å². The van der Waals surface area contributed by atoms with Gasteiger partial charge in [0, 0.05) is 11.6 Å². The fraction of sp³-hybridized carbons (Fsp3) is 0.100. The van der Waals surface area contributed by atoms with Gasteiger partial charge in [0.15, 0.2) is 0 Å². The lowest BCUT2D eigenvalue weighted by molar-refractivity contribution is 1.39. The van der Waals surface area contributed by atoms with Crippen LogP contribution in [-0.4, -0.2) is 4.98 Å². The SMILES string of the molecule is Cc1ccc2ncc(Cl)c(Cl)c2c1. The van der Waals surface area contributed by atoms with Crippen molar-refractivity contribution >= 4 is 34.1 Å². The Kier molecular flexibility index (Phi) is 2.14. The monoisotopic (exact) mass is 211 g/mol. The van der Waals surface area contributed by atoms with E-state index in [9.17, 15) is 0 Å². The minimum absolute atomic E-state index is 0.500. The van der Waals surface area contributed by atoms with Crippen molar-refractivity contribution in [2.24, 2.45) is 0 Å². The summed E-state index contributed by atoms with van der Waals surface area (Å²) in [6.45, 7) is 2.01. The van der Waals surface area contributed by atoms with Crippen LogP contribution in [0.2, 0.25) is 10.0 Å². The van der Waals surface area contributed by atoms with Gasteiger partial charge in [-0.3, -0.25) is 4.98 Å². The van der Waals surface area contributed by atoms with E-state index in [1.165, 1.54) is 0 Å². The van der Waals surface area contributed by atoms with E-state index in [0.29, 0.717) is 10.0 Å². The molecule has 0 aliphatic heterocycles. The molecule has 3 heteroatoms. The van der Waals surface area contributed by atoms with E-state index in [1.807, 2.05) is 25.1 Å². The topological polar surface area (TPSA) is 12.9 Å². The summed E-state index contributed by atoms with van der Waals surface area (Å²) in [5, 5.41) is 1.99. The maximum atomic E-state index is 6.03. The van der Waals surface area contributed by atoms with E-state index < -0.39 is 0 Å². The van der Waals surface area contributed by atoms with E-state index >= 15 is 0 Å². The summed E-state index contributed by atoms with van der Waals surface area (Å²) >= 11 is 11.9. The third-order valence-electron chi connectivity index (χ3n) is 1.92. The number of benzene rings is 1. The fourth-order valence-electron chi connectivity index (χ4n) is 1.25. The number of halogens is 2. The third kappa shape index (κ3) is 1.50. The highest BCUT2D eigenvalue weighted by molar-refractivity contribution is 6.45. The number of hydrogen-bond donors (Lipinski definition) is 0. The minimum atomic E-state index is 0.500. The van der Waals surface area contributed by atoms with Crippen LogP contribution in [0.15, 0.2) is 24.4 Å². The van der Waals surface area contributed by atoms with Crippen molar-refractivity contribution in [3.05, 3.63) is 40.0 Å². The average molecular weight is 212 g/mol. The molecule has 1 nitrogen and oxygen atoms in total. The van der Waals surface area contributed by atoms with Crippen molar-refractivity contribution in [3.8, 4) is 0 Å². The van der Waals surface area contributed by atoms with Gasteiger partial charge in [-0.2, -0.15) is 0 Å². The summed E-state index contributed by atoms with van der Waals surface area (Å²) in [5.74, 6) is 0. The van der Waals surface area contributed by atoms with Crippen LogP contribution in [0.4, 0.5) is 0 Å². The molecule has 0 fully saturated rings. The van der Waals surface area contributed by atoms with E-state index in [0.717, 1.165) is 16.5 Å². The summed E-state index contributed by atoms with van der Waals surface area (Å²) in [4.78, 5) is 4.17. The molecule has 0 unspecified atom stereocenters. The molecule has 1 aromatic heterocycles. The molecule has 0 saturated heterocycles. The van der Waals surface area contributed by atoms with Crippen LogP contribution >= 0.6 is 23.2 Å². The number of hydrogen-bond acceptors (Lipinski definition) is 1. The molecular weight excluding hydrogens is 205 g/mol. The van der Waals surface area contributed by atoms with Crippen molar-refractivity contribution in [3.63, 3.8) is 0 Å². The lowest BCUT2D eigenvalue weighted by Crippen LogP contribution is -1.82. The van der Waals surface area contributed by atoms with Crippen molar-refractivity contribution in [1.82, 2.24) is 4.98 Å². The number of fused-ring (bicyclic) bond motifs is 1. The fourth-order valence-corrected chi connectivity index (χ4v) is 1.60. The third-order valence-corrected chi connectivity index (χ3v) is 2.71. The molecule has 1 aromatic carbocycles. The van der Waals surface area contributed by atoms with Gasteiger partial charge < -0.3 is 0 Å². The number of aryl methyl sites for hydroxylation is 1. The molecule has 0 amide bonds. The van der Waals surface area contributed by atoms with Gasteiger partial charge in [0.25, 0.3) is 0 Å². The van der Waals surface area contributed by atoms with Crippen LogP contribution in [0.1, 0.15) is 5.56 Å². The van der Waals surface area contributed by atoms with Crippen LogP contribution in [0.25, 0.3) is 10.9 Å². The highest BCUT2D eigenvalue weighted by Crippen LogP contribution is 2.29. The minimum Gasteiger partial charge on any atom is -0.255 e. The number of aromatic nitrogens is 1. The molecule has 0 saturated carbocycles. The average Bonchev–Trinajstić information content (AvgIpc) is 2.12. The predicted octanol–water partition coefficient (Wildman–Crippen LogP) is 3.85. The second-order valence-corrected chi connectivity index (χ2v) is 3.73. The normalized spacial score (nSPS) is 10.7. The Bertz CT molecular complexity index is 460. The molecule has 2 rings (SSSR count). The van der Waals surface area contributed by atoms with Gasteiger partial charge >= 0.3 is 0 Å². The molecule has 0 spiro atoms. The zero-order valence-corrected chi connectivity index (χ0v) is 8.52. The summed E-state index contributed by atoms with van der Waals surface area (Å²) in [7, 11) is 0. The van der Waals surface area contributed by atoms with Crippen LogP contribution in [0, 0.1) is 6.92 Å². The van der Waals surface area contributed by atoms with Gasteiger partial charge in [0.05, 0.1) is 15.6 Å². The van der Waals surface area contributed by atoms with Gasteiger partial charge in [-0.1, -0.05) is 34.8 Å². The van der Waals surface area contributed by atoms with Gasteiger partial charge in [-0.15, -0.1) is 0 Å². The first kappa shape index (κ1) is 8.79. The van der Waals surface area contributed by atoms with E-state index in [-0.39, 0.29) is 0 Å². The lowest BCUT2D eigenvalue weighted by atomic mass is 10.1. The smallest absolute Gasteiger partial charge is 0.0782 e. The molecule has 0 aliphatic carbocycles. The molecule has 0 aliphatic rings. The summed E-state index contributed by atoms with van der Waals surface area (Å²) in [6, 6.07) is 5.92. The number of nitrogens with zero attached hydrogens (tertiary/aromatic N) is 1.